The molecule has 80 valence electrons. The summed E-state index contributed by atoms with van der Waals surface area (Å²) < 4.78 is 13.2. The van der Waals surface area contributed by atoms with Gasteiger partial charge in [0.15, 0.2) is 0 Å². The third kappa shape index (κ3) is 2.35. The molecule has 2 rings (SSSR count). The molecular weight excluding hydrogens is 193 g/mol. The number of anilines is 1. The fourth-order valence-electron chi connectivity index (χ4n) is 2.00. The summed E-state index contributed by atoms with van der Waals surface area (Å²) >= 11 is 0. The first-order valence-corrected chi connectivity index (χ1v) is 5.30. The van der Waals surface area contributed by atoms with Crippen molar-refractivity contribution in [3.63, 3.8) is 0 Å². The summed E-state index contributed by atoms with van der Waals surface area (Å²) in [4.78, 5) is 12.7. The van der Waals surface area contributed by atoms with E-state index in [1.165, 1.54) is 18.6 Å². The van der Waals surface area contributed by atoms with Crippen LogP contribution in [0.3, 0.4) is 0 Å². The zero-order chi connectivity index (χ0) is 10.7. The van der Waals surface area contributed by atoms with Crippen molar-refractivity contribution in [1.29, 1.82) is 0 Å². The highest BCUT2D eigenvalue weighted by molar-refractivity contribution is 5.77. The van der Waals surface area contributed by atoms with Gasteiger partial charge in [-0.2, -0.15) is 0 Å². The van der Waals surface area contributed by atoms with E-state index in [4.69, 9.17) is 0 Å². The topological polar surface area (TPSA) is 20.3 Å². The van der Waals surface area contributed by atoms with Gasteiger partial charge in [0.05, 0.1) is 0 Å². The predicted octanol–water partition coefficient (Wildman–Crippen LogP) is 2.63. The van der Waals surface area contributed by atoms with Crippen LogP contribution in [0, 0.1) is 5.82 Å². The van der Waals surface area contributed by atoms with Crippen LogP contribution in [0.5, 0.6) is 0 Å². The van der Waals surface area contributed by atoms with Crippen molar-refractivity contribution in [3.05, 3.63) is 29.6 Å². The highest BCUT2D eigenvalue weighted by Gasteiger charge is 2.12. The molecule has 1 aliphatic rings. The summed E-state index contributed by atoms with van der Waals surface area (Å²) in [5.74, 6) is -0.333. The van der Waals surface area contributed by atoms with Gasteiger partial charge < -0.3 is 4.90 Å². The summed E-state index contributed by atoms with van der Waals surface area (Å²) in [7, 11) is 0. The second-order valence-electron chi connectivity index (χ2n) is 3.91. The highest BCUT2D eigenvalue weighted by Crippen LogP contribution is 2.21. The molecule has 0 bridgehead atoms. The maximum Gasteiger partial charge on any atom is 0.150 e. The van der Waals surface area contributed by atoms with Crippen LogP contribution in [0.15, 0.2) is 18.2 Å². The molecule has 15 heavy (non-hydrogen) atoms. The smallest absolute Gasteiger partial charge is 0.150 e. The monoisotopic (exact) mass is 207 g/mol. The Morgan fingerprint density at radius 3 is 2.53 bits per heavy atom. The number of carbonyl (C=O) groups excluding carboxylic acids is 1. The third-order valence-electron chi connectivity index (χ3n) is 2.76. The zero-order valence-electron chi connectivity index (χ0n) is 8.58. The number of nitrogens with zero attached hydrogens (tertiary/aromatic N) is 1. The van der Waals surface area contributed by atoms with E-state index < -0.39 is 0 Å². The van der Waals surface area contributed by atoms with Gasteiger partial charge in [-0.15, -0.1) is 0 Å². The average molecular weight is 207 g/mol. The predicted molar refractivity (Wildman–Crippen MR) is 57.9 cm³/mol. The average Bonchev–Trinajstić information content (AvgIpc) is 2.29. The molecule has 0 spiro atoms. The van der Waals surface area contributed by atoms with Gasteiger partial charge in [-0.25, -0.2) is 4.39 Å². The number of rotatable bonds is 2. The second-order valence-corrected chi connectivity index (χ2v) is 3.91. The lowest BCUT2D eigenvalue weighted by Crippen LogP contribution is -2.29. The molecule has 0 aliphatic carbocycles. The van der Waals surface area contributed by atoms with Crippen LogP contribution in [0.2, 0.25) is 0 Å². The number of aldehydes is 1. The highest BCUT2D eigenvalue weighted by atomic mass is 19.1. The number of piperidine rings is 1. The minimum atomic E-state index is -0.333. The molecule has 0 unspecified atom stereocenters. The van der Waals surface area contributed by atoms with Gasteiger partial charge >= 0.3 is 0 Å². The van der Waals surface area contributed by atoms with Gasteiger partial charge in [0.1, 0.15) is 12.1 Å². The lowest BCUT2D eigenvalue weighted by atomic mass is 10.1. The van der Waals surface area contributed by atoms with Crippen molar-refractivity contribution in [1.82, 2.24) is 0 Å². The molecule has 0 aromatic heterocycles. The molecule has 0 saturated carbocycles. The molecular formula is C12H14FNO. The Morgan fingerprint density at radius 1 is 1.13 bits per heavy atom. The van der Waals surface area contributed by atoms with Gasteiger partial charge in [-0.05, 0) is 37.5 Å². The molecule has 1 fully saturated rings. The van der Waals surface area contributed by atoms with E-state index in [-0.39, 0.29) is 5.82 Å². The Bertz CT molecular complexity index is 359. The molecule has 1 saturated heterocycles. The molecule has 1 aliphatic heterocycles. The Labute approximate surface area is 88.7 Å². The van der Waals surface area contributed by atoms with E-state index in [0.29, 0.717) is 11.8 Å². The number of hydrogen-bond acceptors (Lipinski definition) is 2. The largest absolute Gasteiger partial charge is 0.371 e. The molecule has 1 aromatic carbocycles. The fourth-order valence-corrected chi connectivity index (χ4v) is 2.00. The number of benzene rings is 1. The molecule has 1 aromatic rings. The van der Waals surface area contributed by atoms with Crippen LogP contribution in [0.25, 0.3) is 0 Å². The number of halogens is 1. The van der Waals surface area contributed by atoms with Crippen molar-refractivity contribution in [2.75, 3.05) is 18.0 Å². The summed E-state index contributed by atoms with van der Waals surface area (Å²) in [5, 5.41) is 0. The summed E-state index contributed by atoms with van der Waals surface area (Å²) in [6.07, 6.45) is 4.22. The third-order valence-corrected chi connectivity index (χ3v) is 2.76. The van der Waals surface area contributed by atoms with E-state index in [2.05, 4.69) is 4.90 Å². The second kappa shape index (κ2) is 4.43. The van der Waals surface area contributed by atoms with Crippen molar-refractivity contribution in [3.8, 4) is 0 Å². The molecule has 1 heterocycles. The Hall–Kier alpha value is -1.38. The van der Waals surface area contributed by atoms with Crippen LogP contribution in [-0.4, -0.2) is 19.4 Å². The number of hydrogen-bond donors (Lipinski definition) is 0. The van der Waals surface area contributed by atoms with Crippen LogP contribution in [-0.2, 0) is 0 Å². The first-order chi connectivity index (χ1) is 7.29. The fraction of sp³-hybridized carbons (Fsp3) is 0.417. The standard InChI is InChI=1S/C12H14FNO/c13-11-6-10(9-15)7-12(8-11)14-4-2-1-3-5-14/h6-9H,1-5H2. The van der Waals surface area contributed by atoms with Gasteiger partial charge in [-0.1, -0.05) is 0 Å². The van der Waals surface area contributed by atoms with E-state index in [1.807, 2.05) is 0 Å². The van der Waals surface area contributed by atoms with Crippen molar-refractivity contribution >= 4 is 12.0 Å². The van der Waals surface area contributed by atoms with Crippen molar-refractivity contribution in [2.45, 2.75) is 19.3 Å². The van der Waals surface area contributed by atoms with E-state index in [9.17, 15) is 9.18 Å². The van der Waals surface area contributed by atoms with Crippen LogP contribution >= 0.6 is 0 Å². The molecule has 0 N–H and O–H groups in total. The Morgan fingerprint density at radius 2 is 1.87 bits per heavy atom. The first-order valence-electron chi connectivity index (χ1n) is 5.30. The quantitative estimate of drug-likeness (QED) is 0.695. The molecule has 0 radical (unpaired) electrons. The molecule has 3 heteroatoms. The summed E-state index contributed by atoms with van der Waals surface area (Å²) in [6.45, 7) is 1.92. The van der Waals surface area contributed by atoms with Crippen LogP contribution in [0.1, 0.15) is 29.6 Å². The van der Waals surface area contributed by atoms with E-state index in [0.717, 1.165) is 31.6 Å². The van der Waals surface area contributed by atoms with Crippen LogP contribution in [0.4, 0.5) is 10.1 Å². The van der Waals surface area contributed by atoms with Gasteiger partial charge in [0.2, 0.25) is 0 Å². The Kier molecular flexibility index (Phi) is 2.99. The molecule has 0 amide bonds. The maximum atomic E-state index is 13.2. The SMILES string of the molecule is O=Cc1cc(F)cc(N2CCCCC2)c1. The van der Waals surface area contributed by atoms with E-state index >= 15 is 0 Å². The number of carbonyl (C=O) groups is 1. The molecule has 0 atom stereocenters. The minimum Gasteiger partial charge on any atom is -0.371 e. The van der Waals surface area contributed by atoms with Gasteiger partial charge in [0.25, 0.3) is 0 Å². The van der Waals surface area contributed by atoms with E-state index in [1.54, 1.807) is 6.07 Å². The normalized spacial score (nSPS) is 16.5. The van der Waals surface area contributed by atoms with Gasteiger partial charge in [0, 0.05) is 24.3 Å². The van der Waals surface area contributed by atoms with Crippen LogP contribution < -0.4 is 4.90 Å². The summed E-state index contributed by atoms with van der Waals surface area (Å²) in [5.41, 5.74) is 1.24. The maximum absolute atomic E-state index is 13.2. The lowest BCUT2D eigenvalue weighted by molar-refractivity contribution is 0.112. The van der Waals surface area contributed by atoms with Crippen molar-refractivity contribution in [2.24, 2.45) is 0 Å². The summed E-state index contributed by atoms with van der Waals surface area (Å²) in [6, 6.07) is 4.51. The lowest BCUT2D eigenvalue weighted by Gasteiger charge is -2.28. The minimum absolute atomic E-state index is 0.333. The Balaban J connectivity index is 2.25. The molecule has 2 nitrogen and oxygen atoms in total. The van der Waals surface area contributed by atoms with Crippen molar-refractivity contribution < 1.29 is 9.18 Å². The zero-order valence-corrected chi connectivity index (χ0v) is 8.58. The van der Waals surface area contributed by atoms with Gasteiger partial charge in [-0.3, -0.25) is 4.79 Å². The first kappa shape index (κ1) is 10.1.